The fraction of sp³-hybridized carbons (Fsp3) is 0.600. The summed E-state index contributed by atoms with van der Waals surface area (Å²) in [6, 6.07) is -2.45. The summed E-state index contributed by atoms with van der Waals surface area (Å²) >= 11 is 0. The maximum absolute atomic E-state index is 11.4. The predicted octanol–water partition coefficient (Wildman–Crippen LogP) is -1.51. The highest BCUT2D eigenvalue weighted by atomic mass is 16.4. The summed E-state index contributed by atoms with van der Waals surface area (Å²) in [7, 11) is 0. The van der Waals surface area contributed by atoms with Gasteiger partial charge < -0.3 is 26.2 Å². The van der Waals surface area contributed by atoms with E-state index in [2.05, 4.69) is 10.6 Å². The van der Waals surface area contributed by atoms with E-state index in [4.69, 9.17) is 10.2 Å². The first-order valence-electron chi connectivity index (χ1n) is 5.67. The van der Waals surface area contributed by atoms with Crippen LogP contribution in [0.5, 0.6) is 0 Å². The van der Waals surface area contributed by atoms with Crippen molar-refractivity contribution in [1.82, 2.24) is 16.0 Å². The van der Waals surface area contributed by atoms with Crippen molar-refractivity contribution < 1.29 is 29.4 Å². The van der Waals surface area contributed by atoms with E-state index in [-0.39, 0.29) is 18.5 Å². The number of carboxylic acid groups (broad SMARTS) is 2. The van der Waals surface area contributed by atoms with Gasteiger partial charge in [-0.2, -0.15) is 0 Å². The quantitative estimate of drug-likeness (QED) is 0.398. The van der Waals surface area contributed by atoms with Crippen LogP contribution in [-0.2, 0) is 14.4 Å². The van der Waals surface area contributed by atoms with Gasteiger partial charge in [0.05, 0.1) is 6.42 Å². The van der Waals surface area contributed by atoms with Gasteiger partial charge in [0.2, 0.25) is 5.91 Å². The van der Waals surface area contributed by atoms with Crippen molar-refractivity contribution in [3.05, 3.63) is 0 Å². The van der Waals surface area contributed by atoms with Crippen molar-refractivity contribution in [2.24, 2.45) is 0 Å². The van der Waals surface area contributed by atoms with E-state index in [9.17, 15) is 19.2 Å². The highest BCUT2D eigenvalue weighted by Crippen LogP contribution is 2.04. The van der Waals surface area contributed by atoms with Gasteiger partial charge in [-0.3, -0.25) is 9.59 Å². The number of carbonyl (C=O) groups excluding carboxylic acids is 2. The maximum atomic E-state index is 11.4. The molecule has 2 atom stereocenters. The van der Waals surface area contributed by atoms with Gasteiger partial charge in [0.25, 0.3) is 0 Å². The number of urea groups is 1. The van der Waals surface area contributed by atoms with Gasteiger partial charge in [0.1, 0.15) is 6.04 Å². The highest BCUT2D eigenvalue weighted by molar-refractivity contribution is 5.86. The first-order valence-corrected chi connectivity index (χ1v) is 5.67. The molecule has 5 N–H and O–H groups in total. The Balaban J connectivity index is 2.34. The molecule has 0 aromatic carbocycles. The third kappa shape index (κ3) is 5.23. The van der Waals surface area contributed by atoms with Crippen LogP contribution < -0.4 is 16.0 Å². The molecule has 0 radical (unpaired) electrons. The zero-order chi connectivity index (χ0) is 14.4. The maximum Gasteiger partial charge on any atom is 0.326 e. The van der Waals surface area contributed by atoms with Crippen LogP contribution in [0.3, 0.4) is 0 Å². The van der Waals surface area contributed by atoms with Crippen LogP contribution in [0.4, 0.5) is 4.79 Å². The van der Waals surface area contributed by atoms with E-state index < -0.39 is 30.4 Å². The van der Waals surface area contributed by atoms with Crippen molar-refractivity contribution in [1.29, 1.82) is 0 Å². The van der Waals surface area contributed by atoms with Crippen LogP contribution in [0.15, 0.2) is 0 Å². The minimum absolute atomic E-state index is 0.0958. The molecule has 1 aliphatic rings. The van der Waals surface area contributed by atoms with Crippen LogP contribution in [-0.4, -0.2) is 52.7 Å². The Labute approximate surface area is 108 Å². The number of hydrogen-bond acceptors (Lipinski definition) is 4. The molecule has 0 bridgehead atoms. The summed E-state index contributed by atoms with van der Waals surface area (Å²) in [6.45, 7) is 0.164. The second-order valence-corrected chi connectivity index (χ2v) is 4.15. The largest absolute Gasteiger partial charge is 0.481 e. The fourth-order valence-corrected chi connectivity index (χ4v) is 1.63. The number of hydrogen-bond donors (Lipinski definition) is 5. The van der Waals surface area contributed by atoms with Crippen molar-refractivity contribution >= 4 is 23.9 Å². The van der Waals surface area contributed by atoms with Crippen molar-refractivity contribution in [3.63, 3.8) is 0 Å². The Morgan fingerprint density at radius 2 is 2.05 bits per heavy atom. The summed E-state index contributed by atoms with van der Waals surface area (Å²) in [5, 5.41) is 24.3. The monoisotopic (exact) mass is 273 g/mol. The predicted molar refractivity (Wildman–Crippen MR) is 61.4 cm³/mol. The number of rotatable bonds is 6. The van der Waals surface area contributed by atoms with Gasteiger partial charge in [0, 0.05) is 19.0 Å². The Kier molecular flexibility index (Phi) is 5.10. The lowest BCUT2D eigenvalue weighted by molar-refractivity contribution is -0.145. The molecule has 1 saturated heterocycles. The van der Waals surface area contributed by atoms with Gasteiger partial charge in [0.15, 0.2) is 0 Å². The lowest BCUT2D eigenvalue weighted by Gasteiger charge is -2.15. The topological polar surface area (TPSA) is 145 Å². The second-order valence-electron chi connectivity index (χ2n) is 4.15. The number of amides is 3. The lowest BCUT2D eigenvalue weighted by atomic mass is 10.2. The summed E-state index contributed by atoms with van der Waals surface area (Å²) in [5.41, 5.74) is 0. The zero-order valence-corrected chi connectivity index (χ0v) is 10.0. The van der Waals surface area contributed by atoms with E-state index in [1.165, 1.54) is 0 Å². The highest BCUT2D eigenvalue weighted by Gasteiger charge is 2.24. The molecule has 9 heteroatoms. The Hall–Kier alpha value is -2.32. The molecule has 19 heavy (non-hydrogen) atoms. The Morgan fingerprint density at radius 3 is 2.53 bits per heavy atom. The SMILES string of the molecule is O=C(O)C[C@@H](NC(=O)NCC1CCC(=O)N1)C(=O)O. The summed E-state index contributed by atoms with van der Waals surface area (Å²) in [6.07, 6.45) is 0.282. The van der Waals surface area contributed by atoms with Gasteiger partial charge in [-0.15, -0.1) is 0 Å². The van der Waals surface area contributed by atoms with Gasteiger partial charge in [-0.25, -0.2) is 9.59 Å². The first-order chi connectivity index (χ1) is 8.88. The van der Waals surface area contributed by atoms with Gasteiger partial charge >= 0.3 is 18.0 Å². The third-order valence-corrected chi connectivity index (χ3v) is 2.58. The smallest absolute Gasteiger partial charge is 0.326 e. The molecular formula is C10H15N3O6. The molecule has 0 aliphatic carbocycles. The molecule has 3 amide bonds. The number of aliphatic carboxylic acids is 2. The molecular weight excluding hydrogens is 258 g/mol. The zero-order valence-electron chi connectivity index (χ0n) is 10.0. The van der Waals surface area contributed by atoms with Gasteiger partial charge in [-0.1, -0.05) is 0 Å². The molecule has 1 fully saturated rings. The molecule has 0 saturated carbocycles. The number of nitrogens with one attached hydrogen (secondary N) is 3. The van der Waals surface area contributed by atoms with Gasteiger partial charge in [-0.05, 0) is 6.42 Å². The molecule has 1 unspecified atom stereocenters. The molecule has 0 aromatic heterocycles. The summed E-state index contributed by atoms with van der Waals surface area (Å²) in [4.78, 5) is 43.4. The lowest BCUT2D eigenvalue weighted by Crippen LogP contribution is -2.49. The average Bonchev–Trinajstić information content (AvgIpc) is 2.71. The van der Waals surface area contributed by atoms with Crippen LogP contribution in [0.25, 0.3) is 0 Å². The van der Waals surface area contributed by atoms with Crippen LogP contribution in [0, 0.1) is 0 Å². The molecule has 106 valence electrons. The van der Waals surface area contributed by atoms with Crippen LogP contribution in [0.2, 0.25) is 0 Å². The van der Waals surface area contributed by atoms with E-state index in [0.717, 1.165) is 0 Å². The number of carbonyl (C=O) groups is 4. The second kappa shape index (κ2) is 6.57. The molecule has 1 aliphatic heterocycles. The van der Waals surface area contributed by atoms with E-state index in [1.807, 2.05) is 5.32 Å². The standard InChI is InChI=1S/C10H15N3O6/c14-7-2-1-5(12-7)4-11-10(19)13-6(9(17)18)3-8(15)16/h5-6H,1-4H2,(H,12,14)(H,15,16)(H,17,18)(H2,11,13,19)/t5?,6-/m1/s1. The average molecular weight is 273 g/mol. The van der Waals surface area contributed by atoms with Crippen LogP contribution >= 0.6 is 0 Å². The fourth-order valence-electron chi connectivity index (χ4n) is 1.63. The van der Waals surface area contributed by atoms with E-state index in [0.29, 0.717) is 12.8 Å². The minimum Gasteiger partial charge on any atom is -0.481 e. The van der Waals surface area contributed by atoms with Crippen molar-refractivity contribution in [2.45, 2.75) is 31.3 Å². The number of carboxylic acids is 2. The third-order valence-electron chi connectivity index (χ3n) is 2.58. The van der Waals surface area contributed by atoms with E-state index >= 15 is 0 Å². The van der Waals surface area contributed by atoms with Crippen molar-refractivity contribution in [3.8, 4) is 0 Å². The summed E-state index contributed by atoms with van der Waals surface area (Å²) in [5.74, 6) is -2.84. The molecule has 1 heterocycles. The van der Waals surface area contributed by atoms with Crippen molar-refractivity contribution in [2.75, 3.05) is 6.54 Å². The van der Waals surface area contributed by atoms with E-state index in [1.54, 1.807) is 0 Å². The molecule has 0 aromatic rings. The molecule has 9 nitrogen and oxygen atoms in total. The minimum atomic E-state index is -1.49. The Morgan fingerprint density at radius 1 is 1.37 bits per heavy atom. The molecule has 1 rings (SSSR count). The first kappa shape index (κ1) is 14.7. The molecule has 0 spiro atoms. The Bertz CT molecular complexity index is 397. The van der Waals surface area contributed by atoms with Crippen LogP contribution in [0.1, 0.15) is 19.3 Å². The normalized spacial score (nSPS) is 19.4. The summed E-state index contributed by atoms with van der Waals surface area (Å²) < 4.78 is 0.